The van der Waals surface area contributed by atoms with Gasteiger partial charge in [0.1, 0.15) is 0 Å². The van der Waals surface area contributed by atoms with Gasteiger partial charge in [-0.3, -0.25) is 4.68 Å². The first-order valence-electron chi connectivity index (χ1n) is 8.03. The molecule has 4 heteroatoms. The van der Waals surface area contributed by atoms with E-state index in [-0.39, 0.29) is 5.60 Å². The van der Waals surface area contributed by atoms with Gasteiger partial charge in [0.05, 0.1) is 23.4 Å². The van der Waals surface area contributed by atoms with Crippen molar-refractivity contribution in [3.63, 3.8) is 0 Å². The van der Waals surface area contributed by atoms with Crippen molar-refractivity contribution >= 4 is 33.5 Å². The molecule has 2 aliphatic rings. The van der Waals surface area contributed by atoms with Gasteiger partial charge in [-0.05, 0) is 60.4 Å². The Balaban J connectivity index is 1.66. The quantitative estimate of drug-likeness (QED) is 0.654. The SMILES string of the molecule is Ic1ccc2cnn(C3CCOC4(CCCCC4)C3)c2c1. The minimum atomic E-state index is 0.140. The van der Waals surface area contributed by atoms with Crippen molar-refractivity contribution in [2.24, 2.45) is 0 Å². The largest absolute Gasteiger partial charge is 0.375 e. The molecule has 1 aromatic carbocycles. The summed E-state index contributed by atoms with van der Waals surface area (Å²) in [6.07, 6.45) is 10.7. The van der Waals surface area contributed by atoms with E-state index in [0.29, 0.717) is 6.04 Å². The van der Waals surface area contributed by atoms with Crippen LogP contribution in [0.2, 0.25) is 0 Å². The predicted molar refractivity (Wildman–Crippen MR) is 92.5 cm³/mol. The van der Waals surface area contributed by atoms with E-state index in [1.807, 2.05) is 6.20 Å². The summed E-state index contributed by atoms with van der Waals surface area (Å²) < 4.78 is 9.77. The highest BCUT2D eigenvalue weighted by molar-refractivity contribution is 14.1. The zero-order valence-electron chi connectivity index (χ0n) is 12.2. The number of nitrogens with zero attached hydrogens (tertiary/aromatic N) is 2. The molecule has 4 rings (SSSR count). The highest BCUT2D eigenvalue weighted by atomic mass is 127. The van der Waals surface area contributed by atoms with E-state index < -0.39 is 0 Å². The normalized spacial score (nSPS) is 25.5. The number of halogens is 1. The summed E-state index contributed by atoms with van der Waals surface area (Å²) in [5.41, 5.74) is 1.42. The van der Waals surface area contributed by atoms with Gasteiger partial charge in [-0.1, -0.05) is 25.3 Å². The van der Waals surface area contributed by atoms with Crippen molar-refractivity contribution in [3.8, 4) is 0 Å². The Labute approximate surface area is 139 Å². The second-order valence-corrected chi connectivity index (χ2v) is 7.78. The van der Waals surface area contributed by atoms with Crippen LogP contribution in [-0.4, -0.2) is 22.0 Å². The first-order chi connectivity index (χ1) is 10.3. The Morgan fingerprint density at radius 2 is 2.10 bits per heavy atom. The number of benzene rings is 1. The first-order valence-corrected chi connectivity index (χ1v) is 9.10. The molecule has 0 N–H and O–H groups in total. The van der Waals surface area contributed by atoms with Crippen LogP contribution in [0.25, 0.3) is 10.9 Å². The van der Waals surface area contributed by atoms with Gasteiger partial charge in [0.15, 0.2) is 0 Å². The van der Waals surface area contributed by atoms with Gasteiger partial charge in [-0.15, -0.1) is 0 Å². The second-order valence-electron chi connectivity index (χ2n) is 6.53. The molecule has 3 nitrogen and oxygen atoms in total. The maximum Gasteiger partial charge on any atom is 0.0703 e. The molecule has 2 fully saturated rings. The van der Waals surface area contributed by atoms with Gasteiger partial charge in [0.2, 0.25) is 0 Å². The molecule has 0 amide bonds. The van der Waals surface area contributed by atoms with Crippen LogP contribution in [0.3, 0.4) is 0 Å². The highest BCUT2D eigenvalue weighted by Crippen LogP contribution is 2.42. The summed E-state index contributed by atoms with van der Waals surface area (Å²) in [5.74, 6) is 0. The van der Waals surface area contributed by atoms with Crippen LogP contribution in [0.5, 0.6) is 0 Å². The van der Waals surface area contributed by atoms with Gasteiger partial charge in [0, 0.05) is 15.6 Å². The molecule has 21 heavy (non-hydrogen) atoms. The molecule has 1 saturated heterocycles. The first kappa shape index (κ1) is 14.0. The molecule has 0 radical (unpaired) electrons. The Kier molecular flexibility index (Phi) is 3.69. The number of hydrogen-bond donors (Lipinski definition) is 0. The topological polar surface area (TPSA) is 27.1 Å². The Morgan fingerprint density at radius 3 is 2.95 bits per heavy atom. The van der Waals surface area contributed by atoms with Crippen LogP contribution >= 0.6 is 22.6 Å². The summed E-state index contributed by atoms with van der Waals surface area (Å²) in [6.45, 7) is 0.885. The smallest absolute Gasteiger partial charge is 0.0703 e. The zero-order chi connectivity index (χ0) is 14.3. The van der Waals surface area contributed by atoms with E-state index in [4.69, 9.17) is 9.84 Å². The Hall–Kier alpha value is -0.620. The fourth-order valence-electron chi connectivity index (χ4n) is 4.06. The van der Waals surface area contributed by atoms with Gasteiger partial charge >= 0.3 is 0 Å². The minimum Gasteiger partial charge on any atom is -0.375 e. The molecule has 1 aromatic heterocycles. The van der Waals surface area contributed by atoms with Crippen molar-refractivity contribution in [1.29, 1.82) is 0 Å². The van der Waals surface area contributed by atoms with Crippen LogP contribution in [0.4, 0.5) is 0 Å². The summed E-state index contributed by atoms with van der Waals surface area (Å²) in [5, 5.41) is 5.95. The maximum absolute atomic E-state index is 6.23. The number of fused-ring (bicyclic) bond motifs is 1. The maximum atomic E-state index is 6.23. The minimum absolute atomic E-state index is 0.140. The molecular formula is C17H21IN2O. The number of ether oxygens (including phenoxy) is 1. The van der Waals surface area contributed by atoms with Gasteiger partial charge < -0.3 is 4.74 Å². The average Bonchev–Trinajstić information content (AvgIpc) is 2.91. The van der Waals surface area contributed by atoms with Crippen LogP contribution in [0.15, 0.2) is 24.4 Å². The third kappa shape index (κ3) is 2.61. The Morgan fingerprint density at radius 1 is 1.24 bits per heavy atom. The molecule has 1 aliphatic carbocycles. The van der Waals surface area contributed by atoms with Crippen LogP contribution < -0.4 is 0 Å². The monoisotopic (exact) mass is 396 g/mol. The lowest BCUT2D eigenvalue weighted by molar-refractivity contribution is -0.115. The molecule has 2 aromatic rings. The molecule has 1 atom stereocenters. The van der Waals surface area contributed by atoms with Crippen molar-refractivity contribution in [2.45, 2.75) is 56.6 Å². The zero-order valence-corrected chi connectivity index (χ0v) is 14.4. The average molecular weight is 396 g/mol. The van der Waals surface area contributed by atoms with E-state index in [1.54, 1.807) is 0 Å². The van der Waals surface area contributed by atoms with E-state index >= 15 is 0 Å². The van der Waals surface area contributed by atoms with Crippen molar-refractivity contribution in [2.75, 3.05) is 6.61 Å². The standard InChI is InChI=1S/C17H21IN2O/c18-14-5-4-13-12-19-20(16(13)10-14)15-6-9-21-17(11-15)7-2-1-3-8-17/h4-5,10,12,15H,1-3,6-9,11H2. The van der Waals surface area contributed by atoms with E-state index in [0.717, 1.165) is 19.4 Å². The molecule has 112 valence electrons. The van der Waals surface area contributed by atoms with Gasteiger partial charge in [-0.2, -0.15) is 5.10 Å². The fraction of sp³-hybridized carbons (Fsp3) is 0.588. The molecule has 1 saturated carbocycles. The Bertz CT molecular complexity index is 640. The van der Waals surface area contributed by atoms with Crippen LogP contribution in [-0.2, 0) is 4.74 Å². The van der Waals surface area contributed by atoms with E-state index in [2.05, 4.69) is 45.5 Å². The summed E-state index contributed by atoms with van der Waals surface area (Å²) in [4.78, 5) is 0. The lowest BCUT2D eigenvalue weighted by atomic mass is 9.78. The third-order valence-electron chi connectivity index (χ3n) is 5.14. The van der Waals surface area contributed by atoms with Gasteiger partial charge in [-0.25, -0.2) is 0 Å². The third-order valence-corrected chi connectivity index (χ3v) is 5.81. The van der Waals surface area contributed by atoms with Crippen LogP contribution in [0.1, 0.15) is 51.0 Å². The molecule has 1 spiro atoms. The van der Waals surface area contributed by atoms with Crippen molar-refractivity contribution < 1.29 is 4.74 Å². The summed E-state index contributed by atoms with van der Waals surface area (Å²) in [7, 11) is 0. The number of rotatable bonds is 1. The molecule has 1 unspecified atom stereocenters. The fourth-order valence-corrected chi connectivity index (χ4v) is 4.53. The summed E-state index contributed by atoms with van der Waals surface area (Å²) in [6, 6.07) is 7.08. The van der Waals surface area contributed by atoms with Gasteiger partial charge in [0.25, 0.3) is 0 Å². The number of hydrogen-bond acceptors (Lipinski definition) is 2. The molecule has 1 aliphatic heterocycles. The molecule has 0 bridgehead atoms. The second kappa shape index (κ2) is 5.54. The predicted octanol–water partition coefficient (Wildman–Crippen LogP) is 4.70. The van der Waals surface area contributed by atoms with Crippen LogP contribution in [0, 0.1) is 3.57 Å². The van der Waals surface area contributed by atoms with E-state index in [1.165, 1.54) is 46.6 Å². The number of aromatic nitrogens is 2. The van der Waals surface area contributed by atoms with Crippen molar-refractivity contribution in [1.82, 2.24) is 9.78 Å². The summed E-state index contributed by atoms with van der Waals surface area (Å²) >= 11 is 2.38. The van der Waals surface area contributed by atoms with E-state index in [9.17, 15) is 0 Å². The molecular weight excluding hydrogens is 375 g/mol. The van der Waals surface area contributed by atoms with Crippen molar-refractivity contribution in [3.05, 3.63) is 28.0 Å². The highest BCUT2D eigenvalue weighted by Gasteiger charge is 2.39. The molecule has 2 heterocycles. The lowest BCUT2D eigenvalue weighted by Crippen LogP contribution is -2.42. The lowest BCUT2D eigenvalue weighted by Gasteiger charge is -2.43.